The molecule has 3 aromatic rings. The zero-order valence-electron chi connectivity index (χ0n) is 12.0. The minimum atomic E-state index is 0.736. The highest BCUT2D eigenvalue weighted by atomic mass is 16.5. The topological polar surface area (TPSA) is 47.0 Å². The second-order valence-electron chi connectivity index (χ2n) is 5.18. The number of benzene rings is 2. The molecule has 0 saturated heterocycles. The Bertz CT molecular complexity index is 785. The molecule has 22 heavy (non-hydrogen) atoms. The molecule has 0 aliphatic carbocycles. The van der Waals surface area contributed by atoms with Crippen LogP contribution in [0.25, 0.3) is 11.3 Å². The standard InChI is InChI=1S/C18H15N3O/c1-2-5-13(6-3-1)15-9-10-18(21-20-15)19-16-7-4-8-17-14(16)11-12-22-17/h1-10H,11-12H2,(H,19,21). The van der Waals surface area contributed by atoms with Crippen LogP contribution in [-0.2, 0) is 6.42 Å². The molecule has 0 unspecified atom stereocenters. The molecule has 1 aromatic heterocycles. The summed E-state index contributed by atoms with van der Waals surface area (Å²) in [7, 11) is 0. The maximum atomic E-state index is 5.58. The summed E-state index contributed by atoms with van der Waals surface area (Å²) in [5.74, 6) is 1.69. The van der Waals surface area contributed by atoms with Crippen LogP contribution in [0.5, 0.6) is 5.75 Å². The zero-order valence-corrected chi connectivity index (χ0v) is 12.0. The van der Waals surface area contributed by atoms with E-state index in [4.69, 9.17) is 4.74 Å². The molecule has 0 fully saturated rings. The second kappa shape index (κ2) is 5.48. The molecule has 0 bridgehead atoms. The lowest BCUT2D eigenvalue weighted by Crippen LogP contribution is -1.98. The molecule has 0 spiro atoms. The fourth-order valence-electron chi connectivity index (χ4n) is 2.64. The van der Waals surface area contributed by atoms with E-state index in [0.29, 0.717) is 0 Å². The van der Waals surface area contributed by atoms with Gasteiger partial charge >= 0.3 is 0 Å². The Hall–Kier alpha value is -2.88. The Balaban J connectivity index is 1.59. The first-order valence-corrected chi connectivity index (χ1v) is 7.31. The van der Waals surface area contributed by atoms with E-state index >= 15 is 0 Å². The molecular weight excluding hydrogens is 274 g/mol. The van der Waals surface area contributed by atoms with Crippen LogP contribution in [0.3, 0.4) is 0 Å². The maximum Gasteiger partial charge on any atom is 0.153 e. The van der Waals surface area contributed by atoms with E-state index in [9.17, 15) is 0 Å². The van der Waals surface area contributed by atoms with Crippen molar-refractivity contribution in [2.45, 2.75) is 6.42 Å². The molecule has 1 aliphatic heterocycles. The molecule has 0 saturated carbocycles. The SMILES string of the molecule is c1ccc(-c2ccc(Nc3cccc4c3CCO4)nn2)cc1. The molecule has 4 heteroatoms. The lowest BCUT2D eigenvalue weighted by atomic mass is 10.1. The van der Waals surface area contributed by atoms with Crippen LogP contribution in [0.4, 0.5) is 11.5 Å². The van der Waals surface area contributed by atoms with Crippen molar-refractivity contribution in [3.63, 3.8) is 0 Å². The van der Waals surface area contributed by atoms with E-state index in [2.05, 4.69) is 15.5 Å². The normalized spacial score (nSPS) is 12.5. The molecule has 2 aromatic carbocycles. The van der Waals surface area contributed by atoms with Crippen molar-refractivity contribution in [1.29, 1.82) is 0 Å². The number of hydrogen-bond acceptors (Lipinski definition) is 4. The summed E-state index contributed by atoms with van der Waals surface area (Å²) < 4.78 is 5.58. The van der Waals surface area contributed by atoms with Gasteiger partial charge in [0.15, 0.2) is 5.82 Å². The number of rotatable bonds is 3. The number of nitrogens with one attached hydrogen (secondary N) is 1. The summed E-state index contributed by atoms with van der Waals surface area (Å²) in [6.07, 6.45) is 0.925. The van der Waals surface area contributed by atoms with E-state index in [1.54, 1.807) is 0 Å². The van der Waals surface area contributed by atoms with Gasteiger partial charge in [-0.15, -0.1) is 10.2 Å². The summed E-state index contributed by atoms with van der Waals surface area (Å²) in [5, 5.41) is 11.9. The van der Waals surface area contributed by atoms with Crippen LogP contribution in [-0.4, -0.2) is 16.8 Å². The molecule has 4 nitrogen and oxygen atoms in total. The largest absolute Gasteiger partial charge is 0.493 e. The van der Waals surface area contributed by atoms with Gasteiger partial charge in [-0.25, -0.2) is 0 Å². The van der Waals surface area contributed by atoms with Gasteiger partial charge in [-0.05, 0) is 24.3 Å². The highest BCUT2D eigenvalue weighted by molar-refractivity contribution is 5.66. The Labute approximate surface area is 128 Å². The Morgan fingerprint density at radius 3 is 2.59 bits per heavy atom. The number of hydrogen-bond donors (Lipinski definition) is 1. The molecule has 0 amide bonds. The van der Waals surface area contributed by atoms with E-state index in [-0.39, 0.29) is 0 Å². The molecule has 1 aliphatic rings. The minimum Gasteiger partial charge on any atom is -0.493 e. The van der Waals surface area contributed by atoms with Crippen LogP contribution in [0.15, 0.2) is 60.7 Å². The van der Waals surface area contributed by atoms with Crippen molar-refractivity contribution in [2.24, 2.45) is 0 Å². The number of anilines is 2. The number of aromatic nitrogens is 2. The first-order chi connectivity index (χ1) is 10.9. The third kappa shape index (κ3) is 2.39. The maximum absolute atomic E-state index is 5.58. The van der Waals surface area contributed by atoms with Gasteiger partial charge in [0.25, 0.3) is 0 Å². The van der Waals surface area contributed by atoms with Crippen LogP contribution in [0.2, 0.25) is 0 Å². The Morgan fingerprint density at radius 1 is 0.864 bits per heavy atom. The van der Waals surface area contributed by atoms with Gasteiger partial charge in [0.05, 0.1) is 12.3 Å². The summed E-state index contributed by atoms with van der Waals surface area (Å²) in [6.45, 7) is 0.743. The summed E-state index contributed by atoms with van der Waals surface area (Å²) >= 11 is 0. The van der Waals surface area contributed by atoms with E-state index in [0.717, 1.165) is 41.5 Å². The smallest absolute Gasteiger partial charge is 0.153 e. The summed E-state index contributed by atoms with van der Waals surface area (Å²) in [4.78, 5) is 0. The fraction of sp³-hybridized carbons (Fsp3) is 0.111. The van der Waals surface area contributed by atoms with Gasteiger partial charge in [0, 0.05) is 23.2 Å². The van der Waals surface area contributed by atoms with Gasteiger partial charge in [-0.1, -0.05) is 36.4 Å². The van der Waals surface area contributed by atoms with Gasteiger partial charge in [-0.3, -0.25) is 0 Å². The highest BCUT2D eigenvalue weighted by Gasteiger charge is 2.15. The number of ether oxygens (including phenoxy) is 1. The van der Waals surface area contributed by atoms with E-state index in [1.165, 1.54) is 5.56 Å². The van der Waals surface area contributed by atoms with Gasteiger partial charge in [0.2, 0.25) is 0 Å². The Morgan fingerprint density at radius 2 is 1.77 bits per heavy atom. The monoisotopic (exact) mass is 289 g/mol. The van der Waals surface area contributed by atoms with Gasteiger partial charge in [0.1, 0.15) is 5.75 Å². The molecule has 2 heterocycles. The van der Waals surface area contributed by atoms with Gasteiger partial charge in [-0.2, -0.15) is 0 Å². The predicted octanol–water partition coefficient (Wildman–Crippen LogP) is 3.82. The van der Waals surface area contributed by atoms with Crippen LogP contribution in [0, 0.1) is 0 Å². The van der Waals surface area contributed by atoms with Crippen LogP contribution >= 0.6 is 0 Å². The third-order valence-electron chi connectivity index (χ3n) is 3.74. The average Bonchev–Trinajstić information content (AvgIpc) is 3.06. The quantitative estimate of drug-likeness (QED) is 0.796. The lowest BCUT2D eigenvalue weighted by Gasteiger charge is -2.09. The molecular formula is C18H15N3O. The van der Waals surface area contributed by atoms with Crippen molar-refractivity contribution in [3.8, 4) is 17.0 Å². The van der Waals surface area contributed by atoms with Crippen molar-refractivity contribution in [3.05, 3.63) is 66.2 Å². The molecule has 108 valence electrons. The molecule has 1 N–H and O–H groups in total. The zero-order chi connectivity index (χ0) is 14.8. The molecule has 0 atom stereocenters. The molecule has 4 rings (SSSR count). The van der Waals surface area contributed by atoms with E-state index < -0.39 is 0 Å². The number of fused-ring (bicyclic) bond motifs is 1. The number of nitrogens with zero attached hydrogens (tertiary/aromatic N) is 2. The second-order valence-corrected chi connectivity index (χ2v) is 5.18. The average molecular weight is 289 g/mol. The van der Waals surface area contributed by atoms with E-state index in [1.807, 2.05) is 60.7 Å². The summed E-state index contributed by atoms with van der Waals surface area (Å²) in [6, 6.07) is 20.0. The lowest BCUT2D eigenvalue weighted by molar-refractivity contribution is 0.357. The van der Waals surface area contributed by atoms with Crippen molar-refractivity contribution < 1.29 is 4.74 Å². The Kier molecular flexibility index (Phi) is 3.20. The fourth-order valence-corrected chi connectivity index (χ4v) is 2.64. The first kappa shape index (κ1) is 12.8. The van der Waals surface area contributed by atoms with Crippen molar-refractivity contribution >= 4 is 11.5 Å². The van der Waals surface area contributed by atoms with Crippen molar-refractivity contribution in [1.82, 2.24) is 10.2 Å². The highest BCUT2D eigenvalue weighted by Crippen LogP contribution is 2.32. The molecule has 0 radical (unpaired) electrons. The van der Waals surface area contributed by atoms with Crippen molar-refractivity contribution in [2.75, 3.05) is 11.9 Å². The minimum absolute atomic E-state index is 0.736. The van der Waals surface area contributed by atoms with Crippen LogP contribution in [0.1, 0.15) is 5.56 Å². The van der Waals surface area contributed by atoms with Crippen LogP contribution < -0.4 is 10.1 Å². The predicted molar refractivity (Wildman–Crippen MR) is 86.4 cm³/mol. The van der Waals surface area contributed by atoms with Gasteiger partial charge < -0.3 is 10.1 Å². The summed E-state index contributed by atoms with van der Waals surface area (Å²) in [5.41, 5.74) is 4.18. The third-order valence-corrected chi connectivity index (χ3v) is 3.74. The first-order valence-electron chi connectivity index (χ1n) is 7.31.